The van der Waals surface area contributed by atoms with Gasteiger partial charge in [-0.2, -0.15) is 4.99 Å². The number of benzene rings is 2. The fourth-order valence-corrected chi connectivity index (χ4v) is 4.23. The number of rotatable bonds is 2. The van der Waals surface area contributed by atoms with Crippen LogP contribution in [0, 0.1) is 0 Å². The maximum Gasteiger partial charge on any atom is 0.281 e. The summed E-state index contributed by atoms with van der Waals surface area (Å²) in [6.45, 7) is 0. The Hall–Kier alpha value is -1.96. The Kier molecular flexibility index (Phi) is 4.33. The van der Waals surface area contributed by atoms with E-state index in [1.165, 1.54) is 11.3 Å². The number of fused-ring (bicyclic) bond motifs is 1. The van der Waals surface area contributed by atoms with Crippen LogP contribution in [0.15, 0.2) is 52.4 Å². The van der Waals surface area contributed by atoms with E-state index in [9.17, 15) is 13.2 Å². The zero-order valence-corrected chi connectivity index (χ0v) is 15.2. The molecule has 3 aromatic rings. The Labute approximate surface area is 147 Å². The Morgan fingerprint density at radius 3 is 2.58 bits per heavy atom. The van der Waals surface area contributed by atoms with E-state index in [0.29, 0.717) is 15.4 Å². The summed E-state index contributed by atoms with van der Waals surface area (Å²) in [6.07, 6.45) is 1.16. The van der Waals surface area contributed by atoms with E-state index in [2.05, 4.69) is 4.99 Å². The van der Waals surface area contributed by atoms with Crippen LogP contribution in [0.1, 0.15) is 10.4 Å². The summed E-state index contributed by atoms with van der Waals surface area (Å²) in [5, 5.41) is 0.342. The first kappa shape index (κ1) is 16.9. The third kappa shape index (κ3) is 3.15. The fourth-order valence-electron chi connectivity index (χ4n) is 2.23. The Bertz CT molecular complexity index is 1130. The smallest absolute Gasteiger partial charge is 0.281 e. The van der Waals surface area contributed by atoms with Crippen LogP contribution in [0.4, 0.5) is 0 Å². The Morgan fingerprint density at radius 1 is 1.21 bits per heavy atom. The van der Waals surface area contributed by atoms with E-state index in [1.807, 2.05) is 0 Å². The third-order valence-corrected chi connectivity index (χ3v) is 6.04. The van der Waals surface area contributed by atoms with Gasteiger partial charge in [0.15, 0.2) is 14.6 Å². The lowest BCUT2D eigenvalue weighted by molar-refractivity contribution is 0.0998. The molecular weight excluding hydrogens is 368 g/mol. The summed E-state index contributed by atoms with van der Waals surface area (Å²) in [5.41, 5.74) is 1.13. The molecule has 0 unspecified atom stereocenters. The van der Waals surface area contributed by atoms with Crippen molar-refractivity contribution in [1.29, 1.82) is 0 Å². The quantitative estimate of drug-likeness (QED) is 0.686. The summed E-state index contributed by atoms with van der Waals surface area (Å²) in [7, 11) is -1.51. The lowest BCUT2D eigenvalue weighted by atomic mass is 10.2. The number of thiazole rings is 1. The zero-order valence-electron chi connectivity index (χ0n) is 12.9. The molecule has 1 amide bonds. The van der Waals surface area contributed by atoms with Gasteiger partial charge in [-0.15, -0.1) is 0 Å². The first-order valence-corrected chi connectivity index (χ1v) is 9.99. The molecule has 0 spiro atoms. The van der Waals surface area contributed by atoms with Crippen molar-refractivity contribution in [3.8, 4) is 0 Å². The predicted octanol–water partition coefficient (Wildman–Crippen LogP) is 3.04. The van der Waals surface area contributed by atoms with Crippen molar-refractivity contribution < 1.29 is 13.2 Å². The van der Waals surface area contributed by atoms with Crippen molar-refractivity contribution in [3.05, 3.63) is 57.9 Å². The molecule has 0 saturated heterocycles. The van der Waals surface area contributed by atoms with E-state index >= 15 is 0 Å². The SMILES string of the molecule is Cn1c(=NC(=O)c2ccccc2Cl)sc2cc(S(C)(=O)=O)ccc21. The number of nitrogens with zero attached hydrogens (tertiary/aromatic N) is 2. The Balaban J connectivity index is 2.15. The minimum atomic E-state index is -3.29. The van der Waals surface area contributed by atoms with Crippen LogP contribution >= 0.6 is 22.9 Å². The molecule has 1 heterocycles. The summed E-state index contributed by atoms with van der Waals surface area (Å²) in [5.74, 6) is -0.439. The monoisotopic (exact) mass is 380 g/mol. The number of sulfone groups is 1. The minimum Gasteiger partial charge on any atom is -0.319 e. The number of hydrogen-bond acceptors (Lipinski definition) is 4. The molecule has 8 heteroatoms. The second-order valence-corrected chi connectivity index (χ2v) is 8.67. The standard InChI is InChI=1S/C16H13ClN2O3S2/c1-19-13-8-7-10(24(2,21)22)9-14(13)23-16(19)18-15(20)11-5-3-4-6-12(11)17/h3-9H,1-2H3. The maximum absolute atomic E-state index is 12.3. The van der Waals surface area contributed by atoms with Gasteiger partial charge in [0.05, 0.1) is 25.7 Å². The van der Waals surface area contributed by atoms with Gasteiger partial charge in [-0.3, -0.25) is 4.79 Å². The van der Waals surface area contributed by atoms with Gasteiger partial charge in [-0.25, -0.2) is 8.42 Å². The molecule has 2 aromatic carbocycles. The Morgan fingerprint density at radius 2 is 1.92 bits per heavy atom. The van der Waals surface area contributed by atoms with Gasteiger partial charge in [-0.05, 0) is 30.3 Å². The van der Waals surface area contributed by atoms with Crippen LogP contribution in [0.5, 0.6) is 0 Å². The molecule has 5 nitrogen and oxygen atoms in total. The van der Waals surface area contributed by atoms with Gasteiger partial charge in [0.25, 0.3) is 5.91 Å². The van der Waals surface area contributed by atoms with Crippen molar-refractivity contribution in [2.24, 2.45) is 12.0 Å². The van der Waals surface area contributed by atoms with E-state index in [4.69, 9.17) is 11.6 Å². The van der Waals surface area contributed by atoms with Crippen LogP contribution < -0.4 is 4.80 Å². The summed E-state index contributed by atoms with van der Waals surface area (Å²) in [4.78, 5) is 17.2. The maximum atomic E-state index is 12.3. The lowest BCUT2D eigenvalue weighted by Gasteiger charge is -1.99. The van der Waals surface area contributed by atoms with Gasteiger partial charge < -0.3 is 4.57 Å². The second kappa shape index (κ2) is 6.16. The molecule has 0 saturated carbocycles. The van der Waals surface area contributed by atoms with Crippen LogP contribution in [-0.2, 0) is 16.9 Å². The first-order chi connectivity index (χ1) is 11.3. The molecule has 0 aliphatic rings. The van der Waals surface area contributed by atoms with E-state index in [0.717, 1.165) is 16.5 Å². The van der Waals surface area contributed by atoms with Gasteiger partial charge in [0.2, 0.25) is 0 Å². The van der Waals surface area contributed by atoms with E-state index in [1.54, 1.807) is 54.1 Å². The molecule has 3 rings (SSSR count). The first-order valence-electron chi connectivity index (χ1n) is 6.90. The van der Waals surface area contributed by atoms with Crippen LogP contribution in [-0.4, -0.2) is 25.1 Å². The van der Waals surface area contributed by atoms with Crippen molar-refractivity contribution in [2.75, 3.05) is 6.26 Å². The zero-order chi connectivity index (χ0) is 17.5. The van der Waals surface area contributed by atoms with Crippen molar-refractivity contribution >= 4 is 48.9 Å². The molecule has 0 bridgehead atoms. The normalized spacial score (nSPS) is 12.7. The van der Waals surface area contributed by atoms with Crippen LogP contribution in [0.3, 0.4) is 0 Å². The number of carbonyl (C=O) groups excluding carboxylic acids is 1. The molecule has 124 valence electrons. The molecule has 0 aliphatic carbocycles. The summed E-state index contributed by atoms with van der Waals surface area (Å²) < 4.78 is 25.8. The molecule has 0 N–H and O–H groups in total. The molecule has 0 fully saturated rings. The van der Waals surface area contributed by atoms with E-state index < -0.39 is 15.7 Å². The fraction of sp³-hybridized carbons (Fsp3) is 0.125. The average Bonchev–Trinajstić information content (AvgIpc) is 2.82. The highest BCUT2D eigenvalue weighted by Gasteiger charge is 2.12. The van der Waals surface area contributed by atoms with Gasteiger partial charge in [0, 0.05) is 13.3 Å². The molecular formula is C16H13ClN2O3S2. The van der Waals surface area contributed by atoms with Crippen molar-refractivity contribution in [2.45, 2.75) is 4.90 Å². The van der Waals surface area contributed by atoms with Gasteiger partial charge in [0.1, 0.15) is 0 Å². The lowest BCUT2D eigenvalue weighted by Crippen LogP contribution is -2.13. The van der Waals surface area contributed by atoms with Crippen LogP contribution in [0.25, 0.3) is 10.2 Å². The van der Waals surface area contributed by atoms with Crippen LogP contribution in [0.2, 0.25) is 5.02 Å². The molecule has 0 atom stereocenters. The third-order valence-electron chi connectivity index (χ3n) is 3.51. The number of aromatic nitrogens is 1. The highest BCUT2D eigenvalue weighted by molar-refractivity contribution is 7.90. The predicted molar refractivity (Wildman–Crippen MR) is 95.3 cm³/mol. The van der Waals surface area contributed by atoms with Gasteiger partial charge >= 0.3 is 0 Å². The van der Waals surface area contributed by atoms with Crippen molar-refractivity contribution in [1.82, 2.24) is 4.57 Å². The highest BCUT2D eigenvalue weighted by Crippen LogP contribution is 2.21. The number of halogens is 1. The summed E-state index contributed by atoms with van der Waals surface area (Å²) >= 11 is 7.27. The summed E-state index contributed by atoms with van der Waals surface area (Å²) in [6, 6.07) is 11.6. The number of hydrogen-bond donors (Lipinski definition) is 0. The van der Waals surface area contributed by atoms with Gasteiger partial charge in [-0.1, -0.05) is 35.1 Å². The number of amides is 1. The van der Waals surface area contributed by atoms with E-state index in [-0.39, 0.29) is 4.90 Å². The number of aryl methyl sites for hydroxylation is 1. The minimum absolute atomic E-state index is 0.237. The molecule has 0 aliphatic heterocycles. The topological polar surface area (TPSA) is 68.5 Å². The molecule has 1 aromatic heterocycles. The molecule has 0 radical (unpaired) electrons. The molecule has 24 heavy (non-hydrogen) atoms. The largest absolute Gasteiger partial charge is 0.319 e. The highest BCUT2D eigenvalue weighted by atomic mass is 35.5. The van der Waals surface area contributed by atoms with Crippen molar-refractivity contribution in [3.63, 3.8) is 0 Å². The number of carbonyl (C=O) groups is 1. The second-order valence-electron chi connectivity index (χ2n) is 5.24. The average molecular weight is 381 g/mol.